The van der Waals surface area contributed by atoms with E-state index in [0.717, 1.165) is 18.9 Å². The predicted octanol–water partition coefficient (Wildman–Crippen LogP) is 3.54. The lowest BCUT2D eigenvalue weighted by atomic mass is 9.73. The summed E-state index contributed by atoms with van der Waals surface area (Å²) in [6.07, 6.45) is 7.72. The van der Waals surface area contributed by atoms with Crippen LogP contribution in [0.4, 0.5) is 0 Å². The lowest BCUT2D eigenvalue weighted by Gasteiger charge is -2.39. The summed E-state index contributed by atoms with van der Waals surface area (Å²) in [5, 5.41) is 10.4. The Kier molecular flexibility index (Phi) is 5.70. The zero-order valence-electron chi connectivity index (χ0n) is 13.1. The van der Waals surface area contributed by atoms with Crippen molar-refractivity contribution in [3.8, 4) is 0 Å². The van der Waals surface area contributed by atoms with Crippen molar-refractivity contribution in [1.82, 2.24) is 4.90 Å². The Morgan fingerprint density at radius 1 is 1.11 bits per heavy atom. The molecule has 1 aliphatic heterocycles. The van der Waals surface area contributed by atoms with Crippen LogP contribution in [0.1, 0.15) is 59.3 Å². The standard InChI is InChI=1S/C17H33NO/c1-4-15-6-5-8-18(9-7-15)12-16-14(3)10-13(2)11-17(16)19/h13-17,19H,4-12H2,1-3H3. The van der Waals surface area contributed by atoms with E-state index in [0.29, 0.717) is 17.8 Å². The van der Waals surface area contributed by atoms with Crippen LogP contribution in [0.15, 0.2) is 0 Å². The molecular formula is C17H33NO. The van der Waals surface area contributed by atoms with Crippen molar-refractivity contribution in [2.75, 3.05) is 19.6 Å². The molecule has 0 aromatic rings. The first-order valence-electron chi connectivity index (χ1n) is 8.50. The van der Waals surface area contributed by atoms with Gasteiger partial charge in [-0.3, -0.25) is 0 Å². The second-order valence-electron chi connectivity index (χ2n) is 7.29. The largest absolute Gasteiger partial charge is 0.393 e. The first-order valence-corrected chi connectivity index (χ1v) is 8.50. The van der Waals surface area contributed by atoms with Gasteiger partial charge in [0.05, 0.1) is 6.10 Å². The molecule has 1 saturated carbocycles. The minimum atomic E-state index is -0.0658. The summed E-state index contributed by atoms with van der Waals surface area (Å²) < 4.78 is 0. The van der Waals surface area contributed by atoms with Crippen molar-refractivity contribution in [3.05, 3.63) is 0 Å². The van der Waals surface area contributed by atoms with Crippen LogP contribution in [0.25, 0.3) is 0 Å². The molecule has 0 aromatic heterocycles. The van der Waals surface area contributed by atoms with Crippen molar-refractivity contribution in [1.29, 1.82) is 0 Å². The minimum absolute atomic E-state index is 0.0658. The number of likely N-dealkylation sites (tertiary alicyclic amines) is 1. The van der Waals surface area contributed by atoms with E-state index < -0.39 is 0 Å². The van der Waals surface area contributed by atoms with Crippen molar-refractivity contribution in [2.24, 2.45) is 23.7 Å². The third-order valence-electron chi connectivity index (χ3n) is 5.63. The van der Waals surface area contributed by atoms with E-state index in [1.807, 2.05) is 0 Å². The molecule has 2 heteroatoms. The van der Waals surface area contributed by atoms with Gasteiger partial charge in [0.25, 0.3) is 0 Å². The van der Waals surface area contributed by atoms with Gasteiger partial charge in [-0.25, -0.2) is 0 Å². The summed E-state index contributed by atoms with van der Waals surface area (Å²) in [6.45, 7) is 10.6. The quantitative estimate of drug-likeness (QED) is 0.845. The number of aliphatic hydroxyl groups excluding tert-OH is 1. The van der Waals surface area contributed by atoms with Crippen LogP contribution >= 0.6 is 0 Å². The van der Waals surface area contributed by atoms with E-state index in [1.54, 1.807) is 0 Å². The smallest absolute Gasteiger partial charge is 0.0585 e. The zero-order chi connectivity index (χ0) is 13.8. The van der Waals surface area contributed by atoms with Gasteiger partial charge in [-0.15, -0.1) is 0 Å². The van der Waals surface area contributed by atoms with Crippen LogP contribution in [0, 0.1) is 23.7 Å². The average Bonchev–Trinajstić information content (AvgIpc) is 2.58. The second kappa shape index (κ2) is 7.08. The normalized spacial score (nSPS) is 42.0. The van der Waals surface area contributed by atoms with Gasteiger partial charge in [-0.05, 0) is 62.9 Å². The van der Waals surface area contributed by atoms with E-state index in [-0.39, 0.29) is 6.10 Å². The molecule has 0 radical (unpaired) electrons. The third kappa shape index (κ3) is 4.19. The van der Waals surface area contributed by atoms with Crippen LogP contribution < -0.4 is 0 Å². The summed E-state index contributed by atoms with van der Waals surface area (Å²) in [4.78, 5) is 2.63. The van der Waals surface area contributed by atoms with E-state index in [1.165, 1.54) is 45.2 Å². The molecule has 2 aliphatic rings. The number of hydrogen-bond acceptors (Lipinski definition) is 2. The lowest BCUT2D eigenvalue weighted by Crippen LogP contribution is -2.42. The van der Waals surface area contributed by atoms with Gasteiger partial charge in [-0.1, -0.05) is 27.2 Å². The van der Waals surface area contributed by atoms with Crippen molar-refractivity contribution in [3.63, 3.8) is 0 Å². The van der Waals surface area contributed by atoms with Gasteiger partial charge in [0.1, 0.15) is 0 Å². The molecule has 5 atom stereocenters. The Morgan fingerprint density at radius 3 is 2.58 bits per heavy atom. The lowest BCUT2D eigenvalue weighted by molar-refractivity contribution is -0.00165. The van der Waals surface area contributed by atoms with Crippen LogP contribution in [0.3, 0.4) is 0 Å². The maximum Gasteiger partial charge on any atom is 0.0585 e. The first-order chi connectivity index (χ1) is 9.10. The summed E-state index contributed by atoms with van der Waals surface area (Å²) >= 11 is 0. The molecule has 0 bridgehead atoms. The van der Waals surface area contributed by atoms with Gasteiger partial charge < -0.3 is 10.0 Å². The molecule has 1 N–H and O–H groups in total. The Balaban J connectivity index is 1.86. The van der Waals surface area contributed by atoms with Crippen LogP contribution in [0.5, 0.6) is 0 Å². The van der Waals surface area contributed by atoms with Crippen LogP contribution in [0.2, 0.25) is 0 Å². The van der Waals surface area contributed by atoms with E-state index in [2.05, 4.69) is 25.7 Å². The highest BCUT2D eigenvalue weighted by Gasteiger charge is 2.34. The SMILES string of the molecule is CCC1CCCN(CC2C(C)CC(C)CC2O)CC1. The van der Waals surface area contributed by atoms with Crippen molar-refractivity contribution in [2.45, 2.75) is 65.4 Å². The monoisotopic (exact) mass is 267 g/mol. The topological polar surface area (TPSA) is 23.5 Å². The predicted molar refractivity (Wildman–Crippen MR) is 81.1 cm³/mol. The highest BCUT2D eigenvalue weighted by molar-refractivity contribution is 4.85. The number of aliphatic hydroxyl groups is 1. The molecule has 0 spiro atoms. The molecule has 19 heavy (non-hydrogen) atoms. The van der Waals surface area contributed by atoms with Crippen LogP contribution in [-0.2, 0) is 0 Å². The van der Waals surface area contributed by atoms with Gasteiger partial charge in [0, 0.05) is 12.5 Å². The zero-order valence-corrected chi connectivity index (χ0v) is 13.1. The Hall–Kier alpha value is -0.0800. The third-order valence-corrected chi connectivity index (χ3v) is 5.63. The fourth-order valence-corrected chi connectivity index (χ4v) is 4.29. The molecule has 112 valence electrons. The summed E-state index contributed by atoms with van der Waals surface area (Å²) in [7, 11) is 0. The summed E-state index contributed by atoms with van der Waals surface area (Å²) in [6, 6.07) is 0. The number of nitrogens with zero attached hydrogens (tertiary/aromatic N) is 1. The maximum absolute atomic E-state index is 10.4. The first kappa shape index (κ1) is 15.3. The fraction of sp³-hybridized carbons (Fsp3) is 1.00. The van der Waals surface area contributed by atoms with Crippen molar-refractivity contribution < 1.29 is 5.11 Å². The molecule has 1 aliphatic carbocycles. The van der Waals surface area contributed by atoms with E-state index in [9.17, 15) is 5.11 Å². The van der Waals surface area contributed by atoms with Gasteiger partial charge in [-0.2, -0.15) is 0 Å². The Bertz CT molecular complexity index is 256. The van der Waals surface area contributed by atoms with Gasteiger partial charge in [0.2, 0.25) is 0 Å². The maximum atomic E-state index is 10.4. The van der Waals surface area contributed by atoms with E-state index in [4.69, 9.17) is 0 Å². The Labute approximate surface area is 119 Å². The highest BCUT2D eigenvalue weighted by atomic mass is 16.3. The number of rotatable bonds is 3. The fourth-order valence-electron chi connectivity index (χ4n) is 4.29. The summed E-state index contributed by atoms with van der Waals surface area (Å²) in [5.41, 5.74) is 0. The molecule has 2 nitrogen and oxygen atoms in total. The molecule has 2 fully saturated rings. The Morgan fingerprint density at radius 2 is 1.89 bits per heavy atom. The molecule has 5 unspecified atom stereocenters. The van der Waals surface area contributed by atoms with E-state index >= 15 is 0 Å². The molecule has 0 aromatic carbocycles. The average molecular weight is 267 g/mol. The van der Waals surface area contributed by atoms with Gasteiger partial charge >= 0.3 is 0 Å². The number of hydrogen-bond donors (Lipinski definition) is 1. The summed E-state index contributed by atoms with van der Waals surface area (Å²) in [5.74, 6) is 2.84. The second-order valence-corrected chi connectivity index (χ2v) is 7.29. The molecule has 2 rings (SSSR count). The minimum Gasteiger partial charge on any atom is -0.393 e. The van der Waals surface area contributed by atoms with Gasteiger partial charge in [0.15, 0.2) is 0 Å². The van der Waals surface area contributed by atoms with Crippen molar-refractivity contribution >= 4 is 0 Å². The molecule has 0 amide bonds. The molecule has 1 heterocycles. The highest BCUT2D eigenvalue weighted by Crippen LogP contribution is 2.34. The van der Waals surface area contributed by atoms with Crippen LogP contribution in [-0.4, -0.2) is 35.7 Å². The molecular weight excluding hydrogens is 234 g/mol. The molecule has 1 saturated heterocycles.